The second-order valence-corrected chi connectivity index (χ2v) is 6.39. The van der Waals surface area contributed by atoms with Gasteiger partial charge in [0.2, 0.25) is 10.0 Å². The van der Waals surface area contributed by atoms with E-state index in [1.165, 1.54) is 12.1 Å². The molecule has 0 radical (unpaired) electrons. The molecular weight excluding hydrogens is 250 g/mol. The molecule has 0 bridgehead atoms. The number of hydrogen-bond donors (Lipinski definition) is 1. The zero-order chi connectivity index (χ0) is 13.8. The standard InChI is InChI=1S/C13H19NO3S/c1-4-9-13(3,10-15)14-18(16,17)12-7-5-11(2)6-8-12/h5-8,10,14H,4,9H2,1-3H3. The Morgan fingerprint density at radius 2 is 1.83 bits per heavy atom. The molecule has 1 unspecified atom stereocenters. The molecule has 1 N–H and O–H groups in total. The van der Waals surface area contributed by atoms with Gasteiger partial charge in [-0.15, -0.1) is 0 Å². The van der Waals surface area contributed by atoms with Crippen LogP contribution in [0.5, 0.6) is 0 Å². The molecule has 4 nitrogen and oxygen atoms in total. The van der Waals surface area contributed by atoms with Crippen LogP contribution in [0.4, 0.5) is 0 Å². The highest BCUT2D eigenvalue weighted by Gasteiger charge is 2.29. The second-order valence-electron chi connectivity index (χ2n) is 4.70. The summed E-state index contributed by atoms with van der Waals surface area (Å²) in [5.41, 5.74) is -0.0565. The molecule has 0 saturated carbocycles. The molecular formula is C13H19NO3S. The lowest BCUT2D eigenvalue weighted by Crippen LogP contribution is -2.47. The zero-order valence-corrected chi connectivity index (χ0v) is 11.8. The smallest absolute Gasteiger partial charge is 0.241 e. The topological polar surface area (TPSA) is 63.2 Å². The van der Waals surface area contributed by atoms with E-state index in [0.717, 1.165) is 12.0 Å². The molecule has 1 atom stereocenters. The van der Waals surface area contributed by atoms with E-state index in [4.69, 9.17) is 0 Å². The molecule has 1 aromatic carbocycles. The molecule has 0 spiro atoms. The summed E-state index contributed by atoms with van der Waals surface area (Å²) < 4.78 is 26.7. The van der Waals surface area contributed by atoms with Crippen LogP contribution in [-0.4, -0.2) is 20.2 Å². The van der Waals surface area contributed by atoms with E-state index >= 15 is 0 Å². The van der Waals surface area contributed by atoms with Gasteiger partial charge in [-0.3, -0.25) is 0 Å². The first-order valence-electron chi connectivity index (χ1n) is 5.90. The molecule has 0 heterocycles. The molecule has 0 aliphatic rings. The lowest BCUT2D eigenvalue weighted by Gasteiger charge is -2.23. The summed E-state index contributed by atoms with van der Waals surface area (Å²) in [5.74, 6) is 0. The van der Waals surface area contributed by atoms with Gasteiger partial charge in [0, 0.05) is 0 Å². The van der Waals surface area contributed by atoms with Crippen molar-refractivity contribution in [3.05, 3.63) is 29.8 Å². The van der Waals surface area contributed by atoms with Crippen molar-refractivity contribution in [3.63, 3.8) is 0 Å². The number of nitrogens with one attached hydrogen (secondary N) is 1. The van der Waals surface area contributed by atoms with Crippen LogP contribution in [0.25, 0.3) is 0 Å². The summed E-state index contributed by atoms with van der Waals surface area (Å²) in [6.07, 6.45) is 1.86. The Labute approximate surface area is 108 Å². The van der Waals surface area contributed by atoms with E-state index in [1.807, 2.05) is 13.8 Å². The molecule has 100 valence electrons. The number of hydrogen-bond acceptors (Lipinski definition) is 3. The Bertz CT molecular complexity index is 508. The van der Waals surface area contributed by atoms with E-state index in [-0.39, 0.29) is 4.90 Å². The van der Waals surface area contributed by atoms with Gasteiger partial charge in [0.1, 0.15) is 6.29 Å². The summed E-state index contributed by atoms with van der Waals surface area (Å²) in [5, 5.41) is 0. The monoisotopic (exact) mass is 269 g/mol. The first-order chi connectivity index (χ1) is 8.33. The van der Waals surface area contributed by atoms with E-state index in [1.54, 1.807) is 19.1 Å². The third kappa shape index (κ3) is 3.65. The van der Waals surface area contributed by atoms with Crippen LogP contribution in [0.15, 0.2) is 29.2 Å². The Kier molecular flexibility index (Phi) is 4.65. The van der Waals surface area contributed by atoms with Crippen LogP contribution in [0, 0.1) is 6.92 Å². The van der Waals surface area contributed by atoms with Gasteiger partial charge in [0.25, 0.3) is 0 Å². The van der Waals surface area contributed by atoms with Crippen LogP contribution in [0.3, 0.4) is 0 Å². The molecule has 0 saturated heterocycles. The van der Waals surface area contributed by atoms with Crippen molar-refractivity contribution in [1.29, 1.82) is 0 Å². The first-order valence-corrected chi connectivity index (χ1v) is 7.38. The fourth-order valence-electron chi connectivity index (χ4n) is 1.74. The molecule has 0 amide bonds. The molecule has 5 heteroatoms. The number of carbonyl (C=O) groups excluding carboxylic acids is 1. The maximum atomic E-state index is 12.1. The Hall–Kier alpha value is -1.20. The second kappa shape index (κ2) is 5.63. The largest absolute Gasteiger partial charge is 0.301 e. The van der Waals surface area contributed by atoms with Gasteiger partial charge < -0.3 is 4.79 Å². The summed E-state index contributed by atoms with van der Waals surface area (Å²) in [7, 11) is -3.65. The Morgan fingerprint density at radius 3 is 2.28 bits per heavy atom. The SMILES string of the molecule is CCCC(C)(C=O)NS(=O)(=O)c1ccc(C)cc1. The van der Waals surface area contributed by atoms with Gasteiger partial charge in [0.15, 0.2) is 0 Å². The van der Waals surface area contributed by atoms with Crippen molar-refractivity contribution >= 4 is 16.3 Å². The fraction of sp³-hybridized carbons (Fsp3) is 0.462. The molecule has 0 aromatic heterocycles. The maximum Gasteiger partial charge on any atom is 0.241 e. The van der Waals surface area contributed by atoms with Crippen LogP contribution < -0.4 is 4.72 Å². The minimum absolute atomic E-state index is 0.178. The van der Waals surface area contributed by atoms with Crippen LogP contribution in [-0.2, 0) is 14.8 Å². The first kappa shape index (κ1) is 14.9. The lowest BCUT2D eigenvalue weighted by atomic mass is 10.0. The number of aryl methyl sites for hydroxylation is 1. The van der Waals surface area contributed by atoms with Crippen molar-refractivity contribution in [2.75, 3.05) is 0 Å². The Morgan fingerprint density at radius 1 is 1.28 bits per heavy atom. The highest BCUT2D eigenvalue weighted by atomic mass is 32.2. The van der Waals surface area contributed by atoms with Gasteiger partial charge in [-0.1, -0.05) is 31.0 Å². The van der Waals surface area contributed by atoms with Crippen molar-refractivity contribution < 1.29 is 13.2 Å². The van der Waals surface area contributed by atoms with Crippen molar-refractivity contribution in [3.8, 4) is 0 Å². The summed E-state index contributed by atoms with van der Waals surface area (Å²) >= 11 is 0. The lowest BCUT2D eigenvalue weighted by molar-refractivity contribution is -0.112. The average molecular weight is 269 g/mol. The number of sulfonamides is 1. The van der Waals surface area contributed by atoms with Crippen molar-refractivity contribution in [2.24, 2.45) is 0 Å². The number of rotatable bonds is 6. The predicted octanol–water partition coefficient (Wildman–Crippen LogP) is 2.03. The van der Waals surface area contributed by atoms with Crippen LogP contribution in [0.2, 0.25) is 0 Å². The molecule has 18 heavy (non-hydrogen) atoms. The number of carbonyl (C=O) groups is 1. The average Bonchev–Trinajstić information content (AvgIpc) is 2.29. The molecule has 0 aliphatic carbocycles. The van der Waals surface area contributed by atoms with Gasteiger partial charge in [-0.2, -0.15) is 4.72 Å². The third-order valence-corrected chi connectivity index (χ3v) is 4.36. The number of benzene rings is 1. The molecule has 0 fully saturated rings. The number of aldehydes is 1. The van der Waals surface area contributed by atoms with Crippen LogP contribution >= 0.6 is 0 Å². The highest BCUT2D eigenvalue weighted by Crippen LogP contribution is 2.16. The maximum absolute atomic E-state index is 12.1. The minimum atomic E-state index is -3.65. The highest BCUT2D eigenvalue weighted by molar-refractivity contribution is 7.89. The Balaban J connectivity index is 3.01. The van der Waals surface area contributed by atoms with Gasteiger partial charge in [-0.25, -0.2) is 8.42 Å². The van der Waals surface area contributed by atoms with Gasteiger partial charge in [-0.05, 0) is 32.4 Å². The fourth-order valence-corrected chi connectivity index (χ4v) is 3.11. The van der Waals surface area contributed by atoms with Gasteiger partial charge >= 0.3 is 0 Å². The zero-order valence-electron chi connectivity index (χ0n) is 10.9. The van der Waals surface area contributed by atoms with E-state index in [0.29, 0.717) is 12.7 Å². The molecule has 0 aliphatic heterocycles. The van der Waals surface area contributed by atoms with E-state index < -0.39 is 15.6 Å². The molecule has 1 rings (SSSR count). The van der Waals surface area contributed by atoms with Crippen molar-refractivity contribution in [2.45, 2.75) is 44.0 Å². The van der Waals surface area contributed by atoms with Crippen LogP contribution in [0.1, 0.15) is 32.3 Å². The summed E-state index contributed by atoms with van der Waals surface area (Å²) in [4.78, 5) is 11.2. The molecule has 1 aromatic rings. The predicted molar refractivity (Wildman–Crippen MR) is 70.9 cm³/mol. The van der Waals surface area contributed by atoms with E-state index in [9.17, 15) is 13.2 Å². The third-order valence-electron chi connectivity index (χ3n) is 2.73. The summed E-state index contributed by atoms with van der Waals surface area (Å²) in [6, 6.07) is 6.53. The quantitative estimate of drug-likeness (QED) is 0.804. The normalized spacial score (nSPS) is 15.1. The van der Waals surface area contributed by atoms with Crippen molar-refractivity contribution in [1.82, 2.24) is 4.72 Å². The minimum Gasteiger partial charge on any atom is -0.301 e. The summed E-state index contributed by atoms with van der Waals surface area (Å²) in [6.45, 7) is 5.38. The van der Waals surface area contributed by atoms with Gasteiger partial charge in [0.05, 0.1) is 10.4 Å². The van der Waals surface area contributed by atoms with E-state index in [2.05, 4.69) is 4.72 Å².